The second-order valence-electron chi connectivity index (χ2n) is 6.32. The SMILES string of the molecule is CCN1CCCC1n1c(C2CCSCC2)nc2cccnc21. The van der Waals surface area contributed by atoms with Crippen molar-refractivity contribution in [3.8, 4) is 0 Å². The van der Waals surface area contributed by atoms with Gasteiger partial charge in [-0.2, -0.15) is 11.8 Å². The number of thioether (sulfide) groups is 1. The van der Waals surface area contributed by atoms with Crippen LogP contribution < -0.4 is 0 Å². The zero-order valence-corrected chi connectivity index (χ0v) is 14.1. The summed E-state index contributed by atoms with van der Waals surface area (Å²) in [5, 5.41) is 0. The lowest BCUT2D eigenvalue weighted by Crippen LogP contribution is -2.29. The zero-order chi connectivity index (χ0) is 14.9. The average Bonchev–Trinajstić information content (AvgIpc) is 3.19. The van der Waals surface area contributed by atoms with E-state index in [-0.39, 0.29) is 0 Å². The topological polar surface area (TPSA) is 34.0 Å². The minimum atomic E-state index is 0.453. The van der Waals surface area contributed by atoms with E-state index in [9.17, 15) is 0 Å². The fraction of sp³-hybridized carbons (Fsp3) is 0.647. The van der Waals surface area contributed by atoms with Gasteiger partial charge in [0.05, 0.1) is 6.17 Å². The number of fused-ring (bicyclic) bond motifs is 1. The molecule has 2 aliphatic rings. The van der Waals surface area contributed by atoms with Crippen LogP contribution in [-0.2, 0) is 0 Å². The fourth-order valence-corrected chi connectivity index (χ4v) is 5.06. The lowest BCUT2D eigenvalue weighted by molar-refractivity contribution is 0.201. The molecular formula is C17H24N4S. The molecule has 2 aromatic rings. The van der Waals surface area contributed by atoms with Crippen molar-refractivity contribution in [3.63, 3.8) is 0 Å². The zero-order valence-electron chi connectivity index (χ0n) is 13.2. The molecule has 22 heavy (non-hydrogen) atoms. The first-order chi connectivity index (χ1) is 10.9. The predicted molar refractivity (Wildman–Crippen MR) is 92.3 cm³/mol. The number of likely N-dealkylation sites (tertiary alicyclic amines) is 1. The predicted octanol–water partition coefficient (Wildman–Crippen LogP) is 3.66. The highest BCUT2D eigenvalue weighted by molar-refractivity contribution is 7.99. The summed E-state index contributed by atoms with van der Waals surface area (Å²) < 4.78 is 2.48. The van der Waals surface area contributed by atoms with Gasteiger partial charge in [-0.3, -0.25) is 9.47 Å². The molecule has 0 aromatic carbocycles. The summed E-state index contributed by atoms with van der Waals surface area (Å²) >= 11 is 2.08. The molecule has 1 atom stereocenters. The Morgan fingerprint density at radius 1 is 1.27 bits per heavy atom. The summed E-state index contributed by atoms with van der Waals surface area (Å²) in [7, 11) is 0. The maximum Gasteiger partial charge on any atom is 0.161 e. The Kier molecular flexibility index (Phi) is 4.09. The second kappa shape index (κ2) is 6.20. The van der Waals surface area contributed by atoms with Crippen molar-refractivity contribution in [2.45, 2.75) is 44.7 Å². The van der Waals surface area contributed by atoms with Crippen LogP contribution in [0, 0.1) is 0 Å². The minimum Gasteiger partial charge on any atom is -0.296 e. The van der Waals surface area contributed by atoms with E-state index in [4.69, 9.17) is 4.98 Å². The van der Waals surface area contributed by atoms with Crippen LogP contribution in [-0.4, -0.2) is 44.0 Å². The van der Waals surface area contributed by atoms with Crippen LogP contribution in [0.15, 0.2) is 18.3 Å². The van der Waals surface area contributed by atoms with E-state index >= 15 is 0 Å². The quantitative estimate of drug-likeness (QED) is 0.865. The van der Waals surface area contributed by atoms with E-state index < -0.39 is 0 Å². The standard InChI is InChI=1S/C17H24N4S/c1-2-20-10-4-6-15(20)21-16(13-7-11-22-12-8-13)19-14-5-3-9-18-17(14)21/h3,5,9,13,15H,2,4,6-8,10-12H2,1H3. The van der Waals surface area contributed by atoms with Crippen molar-refractivity contribution in [2.75, 3.05) is 24.6 Å². The molecule has 4 heterocycles. The van der Waals surface area contributed by atoms with E-state index in [2.05, 4.69) is 39.2 Å². The van der Waals surface area contributed by atoms with Crippen molar-refractivity contribution >= 4 is 22.9 Å². The molecule has 2 aromatic heterocycles. The third-order valence-corrected chi connectivity index (χ3v) is 6.14. The third kappa shape index (κ3) is 2.44. The Labute approximate surface area is 136 Å². The van der Waals surface area contributed by atoms with Gasteiger partial charge >= 0.3 is 0 Å². The molecule has 2 fully saturated rings. The third-order valence-electron chi connectivity index (χ3n) is 5.10. The van der Waals surface area contributed by atoms with Gasteiger partial charge in [-0.25, -0.2) is 9.97 Å². The van der Waals surface area contributed by atoms with Crippen LogP contribution in [0.5, 0.6) is 0 Å². The summed E-state index contributed by atoms with van der Waals surface area (Å²) in [6.07, 6.45) is 7.39. The van der Waals surface area contributed by atoms with E-state index in [0.29, 0.717) is 12.1 Å². The molecule has 0 amide bonds. The van der Waals surface area contributed by atoms with Crippen LogP contribution in [0.2, 0.25) is 0 Å². The number of aromatic nitrogens is 3. The molecule has 2 aliphatic heterocycles. The number of hydrogen-bond donors (Lipinski definition) is 0. The summed E-state index contributed by atoms with van der Waals surface area (Å²) in [6.45, 7) is 4.58. The Hall–Kier alpha value is -1.07. The van der Waals surface area contributed by atoms with Gasteiger partial charge in [0, 0.05) is 18.7 Å². The first-order valence-corrected chi connectivity index (χ1v) is 9.68. The average molecular weight is 316 g/mol. The number of hydrogen-bond acceptors (Lipinski definition) is 4. The minimum absolute atomic E-state index is 0.453. The lowest BCUT2D eigenvalue weighted by atomic mass is 10.0. The summed E-state index contributed by atoms with van der Waals surface area (Å²) in [5.41, 5.74) is 2.15. The van der Waals surface area contributed by atoms with Gasteiger partial charge in [-0.15, -0.1) is 0 Å². The highest BCUT2D eigenvalue weighted by Gasteiger charge is 2.31. The largest absolute Gasteiger partial charge is 0.296 e. The van der Waals surface area contributed by atoms with Gasteiger partial charge in [-0.05, 0) is 55.9 Å². The molecule has 0 aliphatic carbocycles. The Morgan fingerprint density at radius 2 is 2.14 bits per heavy atom. The highest BCUT2D eigenvalue weighted by atomic mass is 32.2. The maximum absolute atomic E-state index is 5.01. The lowest BCUT2D eigenvalue weighted by Gasteiger charge is -2.29. The molecule has 118 valence electrons. The monoisotopic (exact) mass is 316 g/mol. The van der Waals surface area contributed by atoms with Crippen molar-refractivity contribution in [2.24, 2.45) is 0 Å². The molecule has 0 spiro atoms. The van der Waals surface area contributed by atoms with Crippen molar-refractivity contribution in [1.29, 1.82) is 0 Å². The molecule has 4 nitrogen and oxygen atoms in total. The van der Waals surface area contributed by atoms with Crippen LogP contribution in [0.4, 0.5) is 0 Å². The van der Waals surface area contributed by atoms with Gasteiger partial charge in [0.2, 0.25) is 0 Å². The highest BCUT2D eigenvalue weighted by Crippen LogP contribution is 2.37. The first kappa shape index (κ1) is 14.5. The van der Waals surface area contributed by atoms with Crippen LogP contribution in [0.25, 0.3) is 11.2 Å². The van der Waals surface area contributed by atoms with Crippen molar-refractivity contribution in [1.82, 2.24) is 19.4 Å². The van der Waals surface area contributed by atoms with Crippen molar-refractivity contribution < 1.29 is 0 Å². The first-order valence-electron chi connectivity index (χ1n) is 8.53. The summed E-state index contributed by atoms with van der Waals surface area (Å²) in [5.74, 6) is 4.43. The molecule has 0 N–H and O–H groups in total. The van der Waals surface area contributed by atoms with Crippen LogP contribution >= 0.6 is 11.8 Å². The van der Waals surface area contributed by atoms with Gasteiger partial charge < -0.3 is 0 Å². The van der Waals surface area contributed by atoms with Crippen molar-refractivity contribution in [3.05, 3.63) is 24.2 Å². The number of pyridine rings is 1. The maximum atomic E-state index is 5.01. The molecule has 4 rings (SSSR count). The molecule has 5 heteroatoms. The van der Waals surface area contributed by atoms with E-state index in [1.807, 2.05) is 12.3 Å². The molecule has 0 radical (unpaired) electrons. The number of rotatable bonds is 3. The number of imidazole rings is 1. The summed E-state index contributed by atoms with van der Waals surface area (Å²) in [6, 6.07) is 4.12. The van der Waals surface area contributed by atoms with Crippen LogP contribution in [0.3, 0.4) is 0 Å². The fourth-order valence-electron chi connectivity index (χ4n) is 3.95. The van der Waals surface area contributed by atoms with Crippen LogP contribution in [0.1, 0.15) is 50.5 Å². The normalized spacial score (nSPS) is 24.3. The molecular weight excluding hydrogens is 292 g/mol. The van der Waals surface area contributed by atoms with Gasteiger partial charge in [0.1, 0.15) is 11.3 Å². The van der Waals surface area contributed by atoms with E-state index in [0.717, 1.165) is 17.7 Å². The Bertz CT molecular complexity index is 647. The van der Waals surface area contributed by atoms with Gasteiger partial charge in [-0.1, -0.05) is 6.92 Å². The van der Waals surface area contributed by atoms with E-state index in [1.165, 1.54) is 49.6 Å². The molecule has 0 bridgehead atoms. The van der Waals surface area contributed by atoms with Gasteiger partial charge in [0.15, 0.2) is 5.65 Å². The Morgan fingerprint density at radius 3 is 2.95 bits per heavy atom. The van der Waals surface area contributed by atoms with E-state index in [1.54, 1.807) is 0 Å². The van der Waals surface area contributed by atoms with Gasteiger partial charge in [0.25, 0.3) is 0 Å². The smallest absolute Gasteiger partial charge is 0.161 e. The Balaban J connectivity index is 1.82. The second-order valence-corrected chi connectivity index (χ2v) is 7.55. The summed E-state index contributed by atoms with van der Waals surface area (Å²) in [4.78, 5) is 12.3. The number of nitrogens with zero attached hydrogens (tertiary/aromatic N) is 4. The molecule has 2 saturated heterocycles. The molecule has 0 saturated carbocycles. The molecule has 1 unspecified atom stereocenters.